The Kier molecular flexibility index (Phi) is 6.90. The number of carbonyl (C=O) groups is 3. The molecule has 1 aromatic rings. The summed E-state index contributed by atoms with van der Waals surface area (Å²) in [6, 6.07) is 7.51. The van der Waals surface area contributed by atoms with Gasteiger partial charge in [-0.15, -0.1) is 0 Å². The second-order valence-electron chi connectivity index (χ2n) is 4.20. The molecule has 0 aromatic heterocycles. The normalized spacial score (nSPS) is 11.3. The summed E-state index contributed by atoms with van der Waals surface area (Å²) in [6.07, 6.45) is -0.00787. The third kappa shape index (κ3) is 5.62. The molecule has 1 rings (SSSR count). The number of amides is 2. The van der Waals surface area contributed by atoms with E-state index in [1.54, 1.807) is 30.3 Å². The molecule has 0 spiro atoms. The number of ether oxygens (including phenoxy) is 1. The molecule has 114 valence electrons. The molecule has 0 fully saturated rings. The van der Waals surface area contributed by atoms with Crippen molar-refractivity contribution in [1.82, 2.24) is 10.6 Å². The number of rotatable bonds is 7. The number of aliphatic hydroxyl groups excluding tert-OH is 1. The van der Waals surface area contributed by atoms with Crippen molar-refractivity contribution in [3.63, 3.8) is 0 Å². The van der Waals surface area contributed by atoms with Crippen LogP contribution in [0.3, 0.4) is 0 Å². The maximum atomic E-state index is 11.7. The number of aliphatic hydroxyl groups is 1. The number of esters is 1. The highest BCUT2D eigenvalue weighted by Gasteiger charge is 2.20. The molecule has 0 saturated carbocycles. The highest BCUT2D eigenvalue weighted by molar-refractivity contribution is 5.94. The summed E-state index contributed by atoms with van der Waals surface area (Å²) in [7, 11) is 1.16. The van der Waals surface area contributed by atoms with Crippen molar-refractivity contribution in [3.8, 4) is 0 Å². The number of methoxy groups -OCH3 is 1. The monoisotopic (exact) mass is 294 g/mol. The fourth-order valence-electron chi connectivity index (χ4n) is 1.57. The fraction of sp³-hybridized carbons (Fsp3) is 0.357. The first-order chi connectivity index (χ1) is 10.1. The van der Waals surface area contributed by atoms with E-state index >= 15 is 0 Å². The SMILES string of the molecule is COC(=O)C(CO)NC(=O)CCNC(=O)c1ccccc1. The van der Waals surface area contributed by atoms with Crippen LogP contribution in [0.4, 0.5) is 0 Å². The largest absolute Gasteiger partial charge is 0.467 e. The zero-order chi connectivity index (χ0) is 15.7. The van der Waals surface area contributed by atoms with Crippen LogP contribution in [-0.4, -0.2) is 49.2 Å². The fourth-order valence-corrected chi connectivity index (χ4v) is 1.57. The van der Waals surface area contributed by atoms with Crippen LogP contribution in [0.15, 0.2) is 30.3 Å². The average Bonchev–Trinajstić information content (AvgIpc) is 2.52. The molecule has 1 unspecified atom stereocenters. The Bertz CT molecular complexity index is 489. The zero-order valence-electron chi connectivity index (χ0n) is 11.7. The Morgan fingerprint density at radius 1 is 1.24 bits per heavy atom. The van der Waals surface area contributed by atoms with Crippen molar-refractivity contribution in [1.29, 1.82) is 0 Å². The summed E-state index contributed by atoms with van der Waals surface area (Å²) in [5, 5.41) is 13.9. The molecule has 7 nitrogen and oxygen atoms in total. The summed E-state index contributed by atoms with van der Waals surface area (Å²) in [6.45, 7) is -0.423. The number of benzene rings is 1. The molecule has 0 aliphatic heterocycles. The number of hydrogen-bond acceptors (Lipinski definition) is 5. The molecular formula is C14H18N2O5. The standard InChI is InChI=1S/C14H18N2O5/c1-21-14(20)11(9-17)16-12(18)7-8-15-13(19)10-5-3-2-4-6-10/h2-6,11,17H,7-9H2,1H3,(H,15,19)(H,16,18). The van der Waals surface area contributed by atoms with Crippen LogP contribution in [0.1, 0.15) is 16.8 Å². The van der Waals surface area contributed by atoms with Gasteiger partial charge in [0, 0.05) is 18.5 Å². The molecule has 3 N–H and O–H groups in total. The quantitative estimate of drug-likeness (QED) is 0.586. The maximum absolute atomic E-state index is 11.7. The Morgan fingerprint density at radius 3 is 2.48 bits per heavy atom. The van der Waals surface area contributed by atoms with E-state index in [1.807, 2.05) is 0 Å². The first-order valence-corrected chi connectivity index (χ1v) is 6.39. The lowest BCUT2D eigenvalue weighted by Gasteiger charge is -2.13. The molecule has 1 aromatic carbocycles. The number of nitrogens with one attached hydrogen (secondary N) is 2. The minimum absolute atomic E-state index is 0.00787. The van der Waals surface area contributed by atoms with Crippen LogP contribution in [-0.2, 0) is 14.3 Å². The summed E-state index contributed by atoms with van der Waals surface area (Å²) in [5.41, 5.74) is 0.501. The molecule has 0 aliphatic carbocycles. The summed E-state index contributed by atoms with van der Waals surface area (Å²) < 4.78 is 4.42. The molecule has 1 atom stereocenters. The minimum Gasteiger partial charge on any atom is -0.467 e. The minimum atomic E-state index is -1.09. The van der Waals surface area contributed by atoms with Gasteiger partial charge in [0.25, 0.3) is 5.91 Å². The smallest absolute Gasteiger partial charge is 0.330 e. The van der Waals surface area contributed by atoms with Gasteiger partial charge in [-0.2, -0.15) is 0 Å². The van der Waals surface area contributed by atoms with Crippen LogP contribution in [0.5, 0.6) is 0 Å². The van der Waals surface area contributed by atoms with Gasteiger partial charge in [-0.3, -0.25) is 9.59 Å². The first kappa shape index (κ1) is 16.6. The van der Waals surface area contributed by atoms with E-state index in [0.717, 1.165) is 7.11 Å². The Hall–Kier alpha value is -2.41. The van der Waals surface area contributed by atoms with Crippen molar-refractivity contribution in [2.24, 2.45) is 0 Å². The van der Waals surface area contributed by atoms with Gasteiger partial charge in [0.15, 0.2) is 6.04 Å². The second-order valence-corrected chi connectivity index (χ2v) is 4.20. The Balaban J connectivity index is 2.33. The average molecular weight is 294 g/mol. The van der Waals surface area contributed by atoms with E-state index in [9.17, 15) is 14.4 Å². The van der Waals surface area contributed by atoms with E-state index in [-0.39, 0.29) is 18.9 Å². The van der Waals surface area contributed by atoms with Gasteiger partial charge in [-0.1, -0.05) is 18.2 Å². The van der Waals surface area contributed by atoms with Crippen LogP contribution in [0.2, 0.25) is 0 Å². The molecule has 0 saturated heterocycles. The second kappa shape index (κ2) is 8.70. The van der Waals surface area contributed by atoms with Crippen LogP contribution in [0.25, 0.3) is 0 Å². The maximum Gasteiger partial charge on any atom is 0.330 e. The highest BCUT2D eigenvalue weighted by Crippen LogP contribution is 1.97. The summed E-state index contributed by atoms with van der Waals surface area (Å²) in [5.74, 6) is -1.47. The van der Waals surface area contributed by atoms with Gasteiger partial charge >= 0.3 is 5.97 Å². The van der Waals surface area contributed by atoms with Crippen molar-refractivity contribution in [2.75, 3.05) is 20.3 Å². The predicted octanol–water partition coefficient (Wildman–Crippen LogP) is -0.543. The van der Waals surface area contributed by atoms with E-state index in [2.05, 4.69) is 15.4 Å². The van der Waals surface area contributed by atoms with Gasteiger partial charge in [0.05, 0.1) is 13.7 Å². The van der Waals surface area contributed by atoms with Gasteiger partial charge in [0.2, 0.25) is 5.91 Å². The number of carbonyl (C=O) groups excluding carboxylic acids is 3. The lowest BCUT2D eigenvalue weighted by molar-refractivity contribution is -0.146. The van der Waals surface area contributed by atoms with Gasteiger partial charge < -0.3 is 20.5 Å². The molecule has 0 radical (unpaired) electrons. The molecule has 7 heteroatoms. The van der Waals surface area contributed by atoms with Crippen molar-refractivity contribution in [2.45, 2.75) is 12.5 Å². The summed E-state index contributed by atoms with van der Waals surface area (Å²) in [4.78, 5) is 34.5. The van der Waals surface area contributed by atoms with Gasteiger partial charge in [0.1, 0.15) is 0 Å². The molecule has 0 bridgehead atoms. The molecular weight excluding hydrogens is 276 g/mol. The van der Waals surface area contributed by atoms with Crippen LogP contribution >= 0.6 is 0 Å². The number of hydrogen-bond donors (Lipinski definition) is 3. The molecule has 0 heterocycles. The topological polar surface area (TPSA) is 105 Å². The van der Waals surface area contributed by atoms with E-state index in [4.69, 9.17) is 5.11 Å². The van der Waals surface area contributed by atoms with Crippen molar-refractivity contribution < 1.29 is 24.2 Å². The molecule has 2 amide bonds. The first-order valence-electron chi connectivity index (χ1n) is 6.39. The third-order valence-electron chi connectivity index (χ3n) is 2.68. The molecule has 21 heavy (non-hydrogen) atoms. The third-order valence-corrected chi connectivity index (χ3v) is 2.68. The van der Waals surface area contributed by atoms with Crippen molar-refractivity contribution in [3.05, 3.63) is 35.9 Å². The van der Waals surface area contributed by atoms with Crippen LogP contribution < -0.4 is 10.6 Å². The zero-order valence-corrected chi connectivity index (χ0v) is 11.7. The highest BCUT2D eigenvalue weighted by atomic mass is 16.5. The lowest BCUT2D eigenvalue weighted by atomic mass is 10.2. The van der Waals surface area contributed by atoms with E-state index < -0.39 is 24.5 Å². The van der Waals surface area contributed by atoms with Crippen LogP contribution in [0, 0.1) is 0 Å². The Morgan fingerprint density at radius 2 is 1.90 bits per heavy atom. The van der Waals surface area contributed by atoms with E-state index in [0.29, 0.717) is 5.56 Å². The summed E-state index contributed by atoms with van der Waals surface area (Å²) >= 11 is 0. The Labute approximate surface area is 122 Å². The molecule has 0 aliphatic rings. The van der Waals surface area contributed by atoms with E-state index in [1.165, 1.54) is 0 Å². The van der Waals surface area contributed by atoms with Gasteiger partial charge in [-0.25, -0.2) is 4.79 Å². The predicted molar refractivity (Wildman–Crippen MR) is 74.4 cm³/mol. The van der Waals surface area contributed by atoms with Crippen molar-refractivity contribution >= 4 is 17.8 Å². The lowest BCUT2D eigenvalue weighted by Crippen LogP contribution is -2.44. The van der Waals surface area contributed by atoms with Gasteiger partial charge in [-0.05, 0) is 12.1 Å².